The number of amides is 2. The molecule has 6 nitrogen and oxygen atoms in total. The molecule has 0 saturated heterocycles. The number of carbonyl (C=O) groups is 1. The van der Waals surface area contributed by atoms with Crippen molar-refractivity contribution in [2.75, 3.05) is 17.9 Å². The first kappa shape index (κ1) is 14.8. The summed E-state index contributed by atoms with van der Waals surface area (Å²) >= 11 is 4.71. The Labute approximate surface area is 128 Å². The zero-order chi connectivity index (χ0) is 14.4. The summed E-state index contributed by atoms with van der Waals surface area (Å²) in [4.78, 5) is 20.5. The zero-order valence-corrected chi connectivity index (χ0v) is 13.0. The van der Waals surface area contributed by atoms with Crippen molar-refractivity contribution in [2.45, 2.75) is 6.54 Å². The van der Waals surface area contributed by atoms with Crippen LogP contribution in [0.25, 0.3) is 0 Å². The maximum Gasteiger partial charge on any atom is 0.321 e. The van der Waals surface area contributed by atoms with Gasteiger partial charge in [0.2, 0.25) is 0 Å². The molecule has 2 aromatic rings. The van der Waals surface area contributed by atoms with Crippen molar-refractivity contribution in [3.05, 3.63) is 40.5 Å². The summed E-state index contributed by atoms with van der Waals surface area (Å²) in [7, 11) is 1.51. The van der Waals surface area contributed by atoms with Crippen LogP contribution in [0.2, 0.25) is 0 Å². The van der Waals surface area contributed by atoms with Gasteiger partial charge in [-0.15, -0.1) is 0 Å². The standard InChI is InChI=1S/C12H13BrN4O2S/c1-19-17-10-7-15-12(20-10)16-11(18)14-6-8-4-2-3-5-9(8)13/h2-5,7,17H,6H2,1H3,(H2,14,15,16,18). The third kappa shape index (κ3) is 4.19. The number of urea groups is 1. The molecule has 0 bridgehead atoms. The lowest BCUT2D eigenvalue weighted by molar-refractivity contribution is 0.251. The number of halogens is 1. The Balaban J connectivity index is 1.84. The Morgan fingerprint density at radius 3 is 3.00 bits per heavy atom. The molecule has 2 rings (SSSR count). The normalized spacial score (nSPS) is 10.1. The van der Waals surface area contributed by atoms with E-state index in [0.717, 1.165) is 10.0 Å². The third-order valence-corrected chi connectivity index (χ3v) is 3.91. The SMILES string of the molecule is CONc1cnc(NC(=O)NCc2ccccc2Br)s1. The molecule has 1 heterocycles. The smallest absolute Gasteiger partial charge is 0.321 e. The number of nitrogens with zero attached hydrogens (tertiary/aromatic N) is 1. The van der Waals surface area contributed by atoms with Gasteiger partial charge in [0.15, 0.2) is 5.13 Å². The molecule has 20 heavy (non-hydrogen) atoms. The fourth-order valence-electron chi connectivity index (χ4n) is 1.44. The second kappa shape index (κ2) is 7.22. The largest absolute Gasteiger partial charge is 0.334 e. The second-order valence-corrected chi connectivity index (χ2v) is 5.62. The van der Waals surface area contributed by atoms with Crippen molar-refractivity contribution in [1.82, 2.24) is 10.3 Å². The highest BCUT2D eigenvalue weighted by Crippen LogP contribution is 2.22. The Hall–Kier alpha value is -1.64. The lowest BCUT2D eigenvalue weighted by Crippen LogP contribution is -2.28. The molecular weight excluding hydrogens is 344 g/mol. The molecule has 8 heteroatoms. The molecule has 0 fully saturated rings. The van der Waals surface area contributed by atoms with Crippen LogP contribution in [0.15, 0.2) is 34.9 Å². The monoisotopic (exact) mass is 356 g/mol. The van der Waals surface area contributed by atoms with E-state index in [1.807, 2.05) is 24.3 Å². The van der Waals surface area contributed by atoms with Crippen LogP contribution in [0.1, 0.15) is 5.56 Å². The van der Waals surface area contributed by atoms with E-state index < -0.39 is 0 Å². The predicted octanol–water partition coefficient (Wildman–Crippen LogP) is 3.20. The molecule has 2 amide bonds. The number of thiazole rings is 1. The molecular formula is C12H13BrN4O2S. The highest BCUT2D eigenvalue weighted by Gasteiger charge is 2.07. The maximum atomic E-state index is 11.7. The molecule has 0 saturated carbocycles. The maximum absolute atomic E-state index is 11.7. The molecule has 1 aromatic heterocycles. The van der Waals surface area contributed by atoms with Crippen LogP contribution >= 0.6 is 27.3 Å². The zero-order valence-electron chi connectivity index (χ0n) is 10.6. The number of hydrogen-bond acceptors (Lipinski definition) is 5. The topological polar surface area (TPSA) is 75.3 Å². The van der Waals surface area contributed by atoms with E-state index in [9.17, 15) is 4.79 Å². The van der Waals surface area contributed by atoms with E-state index in [2.05, 4.69) is 37.0 Å². The molecule has 0 aliphatic rings. The molecule has 1 aromatic carbocycles. The van der Waals surface area contributed by atoms with Gasteiger partial charge in [-0.2, -0.15) is 0 Å². The van der Waals surface area contributed by atoms with Gasteiger partial charge in [0.25, 0.3) is 0 Å². The van der Waals surface area contributed by atoms with Gasteiger partial charge >= 0.3 is 6.03 Å². The van der Waals surface area contributed by atoms with Gasteiger partial charge in [-0.3, -0.25) is 15.6 Å². The van der Waals surface area contributed by atoms with Gasteiger partial charge in [-0.05, 0) is 11.6 Å². The van der Waals surface area contributed by atoms with Gasteiger partial charge in [0.1, 0.15) is 5.00 Å². The van der Waals surface area contributed by atoms with Gasteiger partial charge in [0.05, 0.1) is 13.3 Å². The van der Waals surface area contributed by atoms with Crippen LogP contribution in [0.3, 0.4) is 0 Å². The lowest BCUT2D eigenvalue weighted by atomic mass is 10.2. The summed E-state index contributed by atoms with van der Waals surface area (Å²) in [6.45, 7) is 0.432. The van der Waals surface area contributed by atoms with E-state index >= 15 is 0 Å². The minimum absolute atomic E-state index is 0.306. The minimum Gasteiger partial charge on any atom is -0.334 e. The summed E-state index contributed by atoms with van der Waals surface area (Å²) in [5.41, 5.74) is 3.65. The highest BCUT2D eigenvalue weighted by molar-refractivity contribution is 9.10. The van der Waals surface area contributed by atoms with E-state index in [1.165, 1.54) is 18.4 Å². The average Bonchev–Trinajstić information content (AvgIpc) is 2.85. The number of benzene rings is 1. The molecule has 106 valence electrons. The first-order valence-electron chi connectivity index (χ1n) is 5.72. The fraction of sp³-hybridized carbons (Fsp3) is 0.167. The van der Waals surface area contributed by atoms with Crippen LogP contribution in [0, 0.1) is 0 Å². The molecule has 0 unspecified atom stereocenters. The Kier molecular flexibility index (Phi) is 5.33. The van der Waals surface area contributed by atoms with E-state index in [4.69, 9.17) is 4.84 Å². The van der Waals surface area contributed by atoms with Crippen molar-refractivity contribution in [3.8, 4) is 0 Å². The Bertz CT molecular complexity index is 590. The van der Waals surface area contributed by atoms with Gasteiger partial charge in [0, 0.05) is 11.0 Å². The number of hydrogen-bond donors (Lipinski definition) is 3. The first-order valence-corrected chi connectivity index (χ1v) is 7.33. The number of carbonyl (C=O) groups excluding carboxylic acids is 1. The molecule has 3 N–H and O–H groups in total. The van der Waals surface area contributed by atoms with E-state index in [1.54, 1.807) is 6.20 Å². The average molecular weight is 357 g/mol. The number of rotatable bonds is 5. The van der Waals surface area contributed by atoms with Crippen molar-refractivity contribution in [3.63, 3.8) is 0 Å². The minimum atomic E-state index is -0.306. The van der Waals surface area contributed by atoms with Crippen molar-refractivity contribution in [2.24, 2.45) is 0 Å². The Morgan fingerprint density at radius 2 is 2.25 bits per heavy atom. The van der Waals surface area contributed by atoms with Gasteiger partial charge in [-0.1, -0.05) is 45.5 Å². The van der Waals surface area contributed by atoms with Crippen LogP contribution in [-0.2, 0) is 11.4 Å². The molecule has 0 spiro atoms. The van der Waals surface area contributed by atoms with E-state index in [0.29, 0.717) is 16.7 Å². The molecule has 0 radical (unpaired) electrons. The van der Waals surface area contributed by atoms with Crippen LogP contribution in [0.5, 0.6) is 0 Å². The van der Waals surface area contributed by atoms with Gasteiger partial charge < -0.3 is 5.32 Å². The number of nitrogens with one attached hydrogen (secondary N) is 3. The summed E-state index contributed by atoms with van der Waals surface area (Å²) in [6, 6.07) is 7.41. The molecule has 0 aliphatic carbocycles. The lowest BCUT2D eigenvalue weighted by Gasteiger charge is -2.07. The second-order valence-electron chi connectivity index (χ2n) is 3.73. The first-order chi connectivity index (χ1) is 9.69. The fourth-order valence-corrected chi connectivity index (χ4v) is 2.55. The summed E-state index contributed by atoms with van der Waals surface area (Å²) < 4.78 is 0.959. The number of aromatic nitrogens is 1. The van der Waals surface area contributed by atoms with Crippen LogP contribution in [-0.4, -0.2) is 18.1 Å². The van der Waals surface area contributed by atoms with Crippen LogP contribution < -0.4 is 16.1 Å². The summed E-state index contributed by atoms with van der Waals surface area (Å²) in [6.07, 6.45) is 1.58. The third-order valence-electron chi connectivity index (χ3n) is 2.33. The summed E-state index contributed by atoms with van der Waals surface area (Å²) in [5.74, 6) is 0. The van der Waals surface area contributed by atoms with Crippen molar-refractivity contribution < 1.29 is 9.63 Å². The number of anilines is 2. The predicted molar refractivity (Wildman–Crippen MR) is 82.7 cm³/mol. The molecule has 0 atom stereocenters. The van der Waals surface area contributed by atoms with Gasteiger partial charge in [-0.25, -0.2) is 9.78 Å². The quantitative estimate of drug-likeness (QED) is 0.719. The van der Waals surface area contributed by atoms with E-state index in [-0.39, 0.29) is 6.03 Å². The van der Waals surface area contributed by atoms with Crippen LogP contribution in [0.4, 0.5) is 14.9 Å². The summed E-state index contributed by atoms with van der Waals surface area (Å²) in [5, 5.41) is 6.63. The van der Waals surface area contributed by atoms with Crippen molar-refractivity contribution >= 4 is 43.4 Å². The Morgan fingerprint density at radius 1 is 1.45 bits per heavy atom. The molecule has 0 aliphatic heterocycles. The highest BCUT2D eigenvalue weighted by atomic mass is 79.9. The van der Waals surface area contributed by atoms with Crippen molar-refractivity contribution in [1.29, 1.82) is 0 Å².